The Morgan fingerprint density at radius 3 is 2.46 bits per heavy atom. The van der Waals surface area contributed by atoms with Gasteiger partial charge in [-0.1, -0.05) is 35.8 Å². The summed E-state index contributed by atoms with van der Waals surface area (Å²) >= 11 is 0. The molecule has 0 unspecified atom stereocenters. The van der Waals surface area contributed by atoms with Crippen molar-refractivity contribution in [3.63, 3.8) is 0 Å². The lowest BCUT2D eigenvalue weighted by Crippen LogP contribution is -2.33. The Labute approximate surface area is 142 Å². The van der Waals surface area contributed by atoms with Gasteiger partial charge in [-0.05, 0) is 55.3 Å². The summed E-state index contributed by atoms with van der Waals surface area (Å²) in [6, 6.07) is 14.1. The zero-order chi connectivity index (χ0) is 16.4. The summed E-state index contributed by atoms with van der Waals surface area (Å²) in [5.74, 6) is 0.833. The molecule has 4 heteroatoms. The molecule has 4 rings (SSSR count). The lowest BCUT2D eigenvalue weighted by atomic mass is 10.1. The maximum absolute atomic E-state index is 9.44. The minimum Gasteiger partial charge on any atom is -0.492 e. The van der Waals surface area contributed by atoms with Crippen LogP contribution in [0, 0.1) is 0 Å². The van der Waals surface area contributed by atoms with Crippen molar-refractivity contribution < 1.29 is 9.94 Å². The molecule has 0 aromatic heterocycles. The number of benzene rings is 2. The molecular formula is C20H22N2O2. The van der Waals surface area contributed by atoms with Gasteiger partial charge in [-0.15, -0.1) is 0 Å². The molecular weight excluding hydrogens is 300 g/mol. The molecule has 2 aliphatic rings. The maximum Gasteiger partial charge on any atom is 0.120 e. The number of rotatable bonds is 4. The Kier molecular flexibility index (Phi) is 4.22. The van der Waals surface area contributed by atoms with E-state index >= 15 is 0 Å². The lowest BCUT2D eigenvalue weighted by molar-refractivity contribution is 0.183. The molecule has 0 amide bonds. The van der Waals surface area contributed by atoms with Gasteiger partial charge in [0.1, 0.15) is 18.1 Å². The second kappa shape index (κ2) is 6.65. The first-order chi connectivity index (χ1) is 11.9. The highest BCUT2D eigenvalue weighted by Crippen LogP contribution is 2.38. The van der Waals surface area contributed by atoms with Crippen molar-refractivity contribution in [1.29, 1.82) is 0 Å². The van der Waals surface area contributed by atoms with Crippen molar-refractivity contribution in [3.8, 4) is 16.9 Å². The fourth-order valence-corrected chi connectivity index (χ4v) is 3.70. The second-order valence-electron chi connectivity index (χ2n) is 6.45. The topological polar surface area (TPSA) is 45.1 Å². The molecule has 1 saturated heterocycles. The first-order valence-electron chi connectivity index (χ1n) is 8.68. The molecule has 1 N–H and O–H groups in total. The molecule has 2 aromatic rings. The summed E-state index contributed by atoms with van der Waals surface area (Å²) in [4.78, 5) is 2.47. The van der Waals surface area contributed by atoms with Crippen molar-refractivity contribution in [2.24, 2.45) is 5.16 Å². The van der Waals surface area contributed by atoms with Crippen LogP contribution in [0.25, 0.3) is 11.1 Å². The highest BCUT2D eigenvalue weighted by atomic mass is 16.5. The van der Waals surface area contributed by atoms with Crippen LogP contribution in [0.1, 0.15) is 30.4 Å². The van der Waals surface area contributed by atoms with Crippen LogP contribution < -0.4 is 4.74 Å². The smallest absolute Gasteiger partial charge is 0.120 e. The number of oxime groups is 1. The molecule has 1 fully saturated rings. The molecule has 1 heterocycles. The van der Waals surface area contributed by atoms with E-state index in [-0.39, 0.29) is 0 Å². The number of likely N-dealkylation sites (tertiary alicyclic amines) is 1. The minimum absolute atomic E-state index is 0.627. The molecule has 0 saturated carbocycles. The van der Waals surface area contributed by atoms with Crippen molar-refractivity contribution in [3.05, 3.63) is 53.6 Å². The first kappa shape index (κ1) is 15.2. The van der Waals surface area contributed by atoms with Crippen LogP contribution in [0.4, 0.5) is 0 Å². The van der Waals surface area contributed by atoms with E-state index in [1.54, 1.807) is 0 Å². The van der Waals surface area contributed by atoms with E-state index in [1.165, 1.54) is 32.4 Å². The molecule has 4 nitrogen and oxygen atoms in total. The lowest BCUT2D eigenvalue weighted by Gasteiger charge is -2.26. The van der Waals surface area contributed by atoms with E-state index in [4.69, 9.17) is 4.74 Å². The van der Waals surface area contributed by atoms with Crippen molar-refractivity contribution >= 4 is 5.71 Å². The molecule has 1 aliphatic carbocycles. The van der Waals surface area contributed by atoms with Gasteiger partial charge in [0, 0.05) is 17.7 Å². The van der Waals surface area contributed by atoms with Crippen molar-refractivity contribution in [1.82, 2.24) is 4.90 Å². The summed E-state index contributed by atoms with van der Waals surface area (Å²) in [6.45, 7) is 4.03. The number of hydrogen-bond donors (Lipinski definition) is 1. The van der Waals surface area contributed by atoms with E-state index in [2.05, 4.69) is 22.2 Å². The minimum atomic E-state index is 0.627. The van der Waals surface area contributed by atoms with Crippen molar-refractivity contribution in [2.45, 2.75) is 19.3 Å². The fraction of sp³-hybridized carbons (Fsp3) is 0.350. The summed E-state index contributed by atoms with van der Waals surface area (Å²) < 4.78 is 5.95. The van der Waals surface area contributed by atoms with E-state index in [9.17, 15) is 5.21 Å². The van der Waals surface area contributed by atoms with Crippen LogP contribution in [-0.4, -0.2) is 42.1 Å². The van der Waals surface area contributed by atoms with Crippen LogP contribution >= 0.6 is 0 Å². The second-order valence-corrected chi connectivity index (χ2v) is 6.45. The Hall–Kier alpha value is -2.33. The third-order valence-electron chi connectivity index (χ3n) is 4.94. The zero-order valence-corrected chi connectivity index (χ0v) is 13.7. The van der Waals surface area contributed by atoms with Gasteiger partial charge in [-0.25, -0.2) is 0 Å². The van der Waals surface area contributed by atoms with Crippen LogP contribution in [0.2, 0.25) is 0 Å². The average molecular weight is 322 g/mol. The van der Waals surface area contributed by atoms with Crippen LogP contribution in [0.3, 0.4) is 0 Å². The Morgan fingerprint density at radius 2 is 1.67 bits per heavy atom. The van der Waals surface area contributed by atoms with Gasteiger partial charge in [-0.2, -0.15) is 0 Å². The normalized spacial score (nSPS) is 18.4. The third kappa shape index (κ3) is 2.78. The summed E-state index contributed by atoms with van der Waals surface area (Å²) in [5.41, 5.74) is 4.75. The fourth-order valence-electron chi connectivity index (χ4n) is 3.70. The molecule has 2 aromatic carbocycles. The first-order valence-corrected chi connectivity index (χ1v) is 8.68. The van der Waals surface area contributed by atoms with E-state index in [0.29, 0.717) is 12.3 Å². The number of piperidine rings is 1. The standard InChI is InChI=1S/C20H22N2O2/c23-21-20-18-7-3-2-6-16(18)17-9-8-15(14-19(17)20)24-13-12-22-10-4-1-5-11-22/h2-3,6-9,14,23H,1,4-5,10-13H2/b21-20+. The van der Waals surface area contributed by atoms with Crippen LogP contribution in [-0.2, 0) is 0 Å². The number of fused-ring (bicyclic) bond motifs is 3. The molecule has 0 atom stereocenters. The summed E-state index contributed by atoms with van der Waals surface area (Å²) in [6.07, 6.45) is 3.95. The SMILES string of the molecule is O/N=C1\c2ccccc2-c2ccc(OCCN3CCCCC3)cc21. The zero-order valence-electron chi connectivity index (χ0n) is 13.7. The van der Waals surface area contributed by atoms with Crippen LogP contribution in [0.15, 0.2) is 47.6 Å². The van der Waals surface area contributed by atoms with Crippen molar-refractivity contribution in [2.75, 3.05) is 26.2 Å². The Balaban J connectivity index is 1.49. The van der Waals surface area contributed by atoms with Gasteiger partial charge in [-0.3, -0.25) is 4.90 Å². The van der Waals surface area contributed by atoms with Crippen LogP contribution in [0.5, 0.6) is 5.75 Å². The summed E-state index contributed by atoms with van der Waals surface area (Å²) in [7, 11) is 0. The average Bonchev–Trinajstić information content (AvgIpc) is 2.95. The van der Waals surface area contributed by atoms with E-state index in [0.717, 1.165) is 34.5 Å². The number of hydrogen-bond acceptors (Lipinski definition) is 4. The van der Waals surface area contributed by atoms with Gasteiger partial charge in [0.05, 0.1) is 0 Å². The molecule has 1 aliphatic heterocycles. The van der Waals surface area contributed by atoms with Gasteiger partial charge in [0.15, 0.2) is 0 Å². The quantitative estimate of drug-likeness (QED) is 0.587. The van der Waals surface area contributed by atoms with Gasteiger partial charge in [0.2, 0.25) is 0 Å². The molecule has 0 bridgehead atoms. The largest absolute Gasteiger partial charge is 0.492 e. The Morgan fingerprint density at radius 1 is 0.917 bits per heavy atom. The highest BCUT2D eigenvalue weighted by molar-refractivity contribution is 6.24. The monoisotopic (exact) mass is 322 g/mol. The summed E-state index contributed by atoms with van der Waals surface area (Å²) in [5, 5.41) is 13.0. The van der Waals surface area contributed by atoms with E-state index < -0.39 is 0 Å². The maximum atomic E-state index is 9.44. The molecule has 0 spiro atoms. The number of nitrogens with zero attached hydrogens (tertiary/aromatic N) is 2. The molecule has 24 heavy (non-hydrogen) atoms. The van der Waals surface area contributed by atoms with Gasteiger partial charge >= 0.3 is 0 Å². The predicted molar refractivity (Wildman–Crippen MR) is 95.1 cm³/mol. The molecule has 0 radical (unpaired) electrons. The van der Waals surface area contributed by atoms with Gasteiger partial charge < -0.3 is 9.94 Å². The number of ether oxygens (including phenoxy) is 1. The van der Waals surface area contributed by atoms with Gasteiger partial charge in [0.25, 0.3) is 0 Å². The Bertz CT molecular complexity index is 764. The third-order valence-corrected chi connectivity index (χ3v) is 4.94. The predicted octanol–water partition coefficient (Wildman–Crippen LogP) is 3.76. The highest BCUT2D eigenvalue weighted by Gasteiger charge is 2.25. The van der Waals surface area contributed by atoms with E-state index in [1.807, 2.05) is 30.3 Å². The molecule has 124 valence electrons.